The maximum atomic E-state index is 12.4. The van der Waals surface area contributed by atoms with Gasteiger partial charge in [0, 0.05) is 16.5 Å². The smallest absolute Gasteiger partial charge is 0.251 e. The minimum Gasteiger partial charge on any atom is -0.350 e. The second-order valence-corrected chi connectivity index (χ2v) is 6.90. The van der Waals surface area contributed by atoms with Gasteiger partial charge in [-0.2, -0.15) is 0 Å². The van der Waals surface area contributed by atoms with E-state index in [1.807, 2.05) is 48.5 Å². The van der Waals surface area contributed by atoms with Gasteiger partial charge in [0.1, 0.15) is 0 Å². The lowest BCUT2D eigenvalue weighted by atomic mass is 10.1. The van der Waals surface area contributed by atoms with Crippen LogP contribution < -0.4 is 5.32 Å². The summed E-state index contributed by atoms with van der Waals surface area (Å²) in [6.07, 6.45) is 1.91. The summed E-state index contributed by atoms with van der Waals surface area (Å²) in [7, 11) is 0. The van der Waals surface area contributed by atoms with Crippen molar-refractivity contribution in [1.82, 2.24) is 5.32 Å². The molecule has 0 radical (unpaired) electrons. The Balaban J connectivity index is 1.54. The van der Waals surface area contributed by atoms with Gasteiger partial charge < -0.3 is 5.32 Å². The zero-order valence-corrected chi connectivity index (χ0v) is 14.6. The number of benzene rings is 2. The quantitative estimate of drug-likeness (QED) is 0.662. The number of nitrogens with one attached hydrogen (secondary N) is 1. The van der Waals surface area contributed by atoms with Crippen LogP contribution in [0.5, 0.6) is 0 Å². The minimum atomic E-state index is -0.00621. The number of rotatable bonds is 6. The fourth-order valence-electron chi connectivity index (χ4n) is 2.64. The van der Waals surface area contributed by atoms with E-state index in [0.29, 0.717) is 5.56 Å². The summed E-state index contributed by atoms with van der Waals surface area (Å²) in [6.45, 7) is 2.06. The fraction of sp³-hybridized carbons (Fsp3) is 0.190. The Morgan fingerprint density at radius 3 is 2.42 bits per heavy atom. The highest BCUT2D eigenvalue weighted by atomic mass is 32.1. The Hall–Kier alpha value is -2.39. The van der Waals surface area contributed by atoms with E-state index < -0.39 is 0 Å². The van der Waals surface area contributed by atoms with Crippen molar-refractivity contribution in [3.8, 4) is 10.4 Å². The van der Waals surface area contributed by atoms with Crippen molar-refractivity contribution < 1.29 is 4.79 Å². The average molecular weight is 335 g/mol. The van der Waals surface area contributed by atoms with Gasteiger partial charge in [-0.3, -0.25) is 4.79 Å². The predicted octanol–water partition coefficient (Wildman–Crippen LogP) is 5.17. The molecule has 0 saturated heterocycles. The molecule has 3 heteroatoms. The van der Waals surface area contributed by atoms with Crippen LogP contribution in [0.3, 0.4) is 0 Å². The van der Waals surface area contributed by atoms with E-state index in [1.54, 1.807) is 11.3 Å². The highest BCUT2D eigenvalue weighted by Gasteiger charge is 2.10. The molecule has 0 aliphatic heterocycles. The van der Waals surface area contributed by atoms with Gasteiger partial charge in [0.15, 0.2) is 0 Å². The lowest BCUT2D eigenvalue weighted by Crippen LogP contribution is -2.32. The van der Waals surface area contributed by atoms with E-state index in [-0.39, 0.29) is 11.9 Å². The molecule has 2 aromatic carbocycles. The van der Waals surface area contributed by atoms with Crippen molar-refractivity contribution in [1.29, 1.82) is 0 Å². The van der Waals surface area contributed by atoms with Gasteiger partial charge in [0.25, 0.3) is 5.91 Å². The lowest BCUT2D eigenvalue weighted by Gasteiger charge is -2.14. The van der Waals surface area contributed by atoms with Crippen LogP contribution in [0.4, 0.5) is 0 Å². The first-order valence-corrected chi connectivity index (χ1v) is 9.09. The zero-order chi connectivity index (χ0) is 16.8. The van der Waals surface area contributed by atoms with Crippen LogP contribution in [-0.4, -0.2) is 11.9 Å². The summed E-state index contributed by atoms with van der Waals surface area (Å²) in [5.74, 6) is -0.00621. The zero-order valence-electron chi connectivity index (χ0n) is 13.7. The van der Waals surface area contributed by atoms with E-state index in [4.69, 9.17) is 0 Å². The third-order valence-electron chi connectivity index (χ3n) is 4.04. The predicted molar refractivity (Wildman–Crippen MR) is 101 cm³/mol. The molecule has 0 unspecified atom stereocenters. The molecule has 0 aliphatic carbocycles. The van der Waals surface area contributed by atoms with Crippen LogP contribution in [0.2, 0.25) is 0 Å². The molecular formula is C21H21NOS. The first kappa shape index (κ1) is 16.5. The molecule has 3 aromatic rings. The molecule has 1 atom stereocenters. The molecule has 0 spiro atoms. The third-order valence-corrected chi connectivity index (χ3v) is 4.96. The monoisotopic (exact) mass is 335 g/mol. The largest absolute Gasteiger partial charge is 0.350 e. The summed E-state index contributed by atoms with van der Waals surface area (Å²) in [4.78, 5) is 13.6. The molecule has 122 valence electrons. The van der Waals surface area contributed by atoms with Gasteiger partial charge >= 0.3 is 0 Å². The second kappa shape index (κ2) is 7.93. The Morgan fingerprint density at radius 2 is 1.75 bits per heavy atom. The molecule has 3 rings (SSSR count). The SMILES string of the molecule is C[C@@H](CCc1ccccc1)NC(=O)c1ccc(-c2cccs2)cc1. The molecule has 0 saturated carbocycles. The molecule has 0 fully saturated rings. The van der Waals surface area contributed by atoms with E-state index in [0.717, 1.165) is 18.4 Å². The lowest BCUT2D eigenvalue weighted by molar-refractivity contribution is 0.0938. The first-order valence-electron chi connectivity index (χ1n) is 8.21. The van der Waals surface area contributed by atoms with E-state index in [1.165, 1.54) is 10.4 Å². The van der Waals surface area contributed by atoms with E-state index in [9.17, 15) is 4.79 Å². The maximum absolute atomic E-state index is 12.4. The van der Waals surface area contributed by atoms with Crippen molar-refractivity contribution in [3.05, 3.63) is 83.2 Å². The molecule has 1 heterocycles. The van der Waals surface area contributed by atoms with Crippen molar-refractivity contribution in [2.24, 2.45) is 0 Å². The molecule has 2 nitrogen and oxygen atoms in total. The summed E-state index contributed by atoms with van der Waals surface area (Å²) >= 11 is 1.70. The Labute approximate surface area is 147 Å². The summed E-state index contributed by atoms with van der Waals surface area (Å²) in [6, 6.07) is 22.5. The molecule has 1 amide bonds. The van der Waals surface area contributed by atoms with Crippen LogP contribution >= 0.6 is 11.3 Å². The number of hydrogen-bond acceptors (Lipinski definition) is 2. The second-order valence-electron chi connectivity index (χ2n) is 5.95. The highest BCUT2D eigenvalue weighted by Crippen LogP contribution is 2.24. The van der Waals surface area contributed by atoms with Gasteiger partial charge in [-0.25, -0.2) is 0 Å². The van der Waals surface area contributed by atoms with Crippen LogP contribution in [-0.2, 0) is 6.42 Å². The number of amides is 1. The molecule has 0 bridgehead atoms. The van der Waals surface area contributed by atoms with Crippen LogP contribution in [0.15, 0.2) is 72.1 Å². The average Bonchev–Trinajstić information content (AvgIpc) is 3.16. The standard InChI is InChI=1S/C21H21NOS/c1-16(9-10-17-6-3-2-4-7-17)22-21(23)19-13-11-18(12-14-19)20-8-5-15-24-20/h2-8,11-16H,9-10H2,1H3,(H,22,23)/t16-/m0/s1. The van der Waals surface area contributed by atoms with Gasteiger partial charge in [-0.05, 0) is 54.5 Å². The Bertz CT molecular complexity index is 763. The molecular weight excluding hydrogens is 314 g/mol. The van der Waals surface area contributed by atoms with Crippen molar-refractivity contribution >= 4 is 17.2 Å². The fourth-order valence-corrected chi connectivity index (χ4v) is 3.37. The number of aryl methyl sites for hydroxylation is 1. The van der Waals surface area contributed by atoms with Crippen molar-refractivity contribution in [2.75, 3.05) is 0 Å². The number of hydrogen-bond donors (Lipinski definition) is 1. The number of carbonyl (C=O) groups excluding carboxylic acids is 1. The number of thiophene rings is 1. The Kier molecular flexibility index (Phi) is 5.44. The van der Waals surface area contributed by atoms with Crippen LogP contribution in [0.1, 0.15) is 29.3 Å². The van der Waals surface area contributed by atoms with Gasteiger partial charge in [0.05, 0.1) is 0 Å². The van der Waals surface area contributed by atoms with Gasteiger partial charge in [0.2, 0.25) is 0 Å². The van der Waals surface area contributed by atoms with Crippen LogP contribution in [0, 0.1) is 0 Å². The topological polar surface area (TPSA) is 29.1 Å². The molecule has 1 aromatic heterocycles. The van der Waals surface area contributed by atoms with Crippen LogP contribution in [0.25, 0.3) is 10.4 Å². The van der Waals surface area contributed by atoms with Crippen molar-refractivity contribution in [2.45, 2.75) is 25.8 Å². The molecule has 24 heavy (non-hydrogen) atoms. The van der Waals surface area contributed by atoms with Crippen molar-refractivity contribution in [3.63, 3.8) is 0 Å². The van der Waals surface area contributed by atoms with Gasteiger partial charge in [-0.1, -0.05) is 48.5 Å². The maximum Gasteiger partial charge on any atom is 0.251 e. The van der Waals surface area contributed by atoms with E-state index >= 15 is 0 Å². The van der Waals surface area contributed by atoms with Gasteiger partial charge in [-0.15, -0.1) is 11.3 Å². The third kappa shape index (κ3) is 4.33. The normalized spacial score (nSPS) is 11.9. The molecule has 0 aliphatic rings. The minimum absolute atomic E-state index is 0.00621. The molecule has 1 N–H and O–H groups in total. The summed E-state index contributed by atoms with van der Waals surface area (Å²) in [5, 5.41) is 5.14. The first-order chi connectivity index (χ1) is 11.7. The number of carbonyl (C=O) groups is 1. The Morgan fingerprint density at radius 1 is 1.00 bits per heavy atom. The summed E-state index contributed by atoms with van der Waals surface area (Å²) < 4.78 is 0. The summed E-state index contributed by atoms with van der Waals surface area (Å²) in [5.41, 5.74) is 3.17. The van der Waals surface area contributed by atoms with E-state index in [2.05, 4.69) is 35.8 Å². The highest BCUT2D eigenvalue weighted by molar-refractivity contribution is 7.13.